The number of fused-ring (bicyclic) bond motifs is 12. The highest BCUT2D eigenvalue weighted by molar-refractivity contribution is 6.30. The van der Waals surface area contributed by atoms with Crippen LogP contribution in [0.25, 0.3) is 0 Å². The molecular weight excluding hydrogens is 1810 g/mol. The molecule has 12 saturated carbocycles. The maximum absolute atomic E-state index is 13.8. The van der Waals surface area contributed by atoms with Crippen LogP contribution in [0.2, 0.25) is 5.02 Å². The molecule has 0 amide bonds. The van der Waals surface area contributed by atoms with Gasteiger partial charge in [0, 0.05) is 56.4 Å². The number of carboxylic acids is 4. The fourth-order valence-electron chi connectivity index (χ4n) is 32.0. The molecule has 4 saturated heterocycles. The Hall–Kier alpha value is -7.69. The Morgan fingerprint density at radius 1 is 0.369 bits per heavy atom. The average Bonchev–Trinajstić information content (AvgIpc) is 1.39. The van der Waals surface area contributed by atoms with Crippen LogP contribution in [0.5, 0.6) is 23.0 Å². The van der Waals surface area contributed by atoms with Crippen molar-refractivity contribution in [3.63, 3.8) is 0 Å². The molecule has 4 heterocycles. The van der Waals surface area contributed by atoms with Crippen molar-refractivity contribution in [1.29, 1.82) is 5.26 Å². The molecule has 4 unspecified atom stereocenters. The number of nitriles is 1. The standard InChI is InChI=1S/C30H39NO5.C30H42O5.C29H39ClO5.C29H39FO5/c1-19-8-11-25-29(2,14-12-26-30(25,3)18-35-28(36-26)21-6-4-5-7-21)23(19)13-15-34-24-16-20(17-31)9-10-22(24)27(32)33;1-19-9-11-22(27(31)32)24(17-19)33-16-14-23-20(2)10-12-25-29(23,3)15-13-26-30(25,4)18-34-28(35-26)21-7-5-6-8-21;2*1-18-8-11-24-28(2,22(18)13-15-33-23-16-20(30)9-10-21(23)26(31)32)14-12-25-29(24,3)17-34-27(35-25)19-6-4-5-7-19/h9-10,16,21,23,25-26,28H,1,4-8,11-15,18H2,2-3H3,(H,32,33);9,11,17,21,23,25-26,28H,2,5-8,10,12-16,18H2,1,3-4H3,(H,31,32);2*9-10,16,19,22,24-25,27H,1,4-8,11-15,17H2,2-3H3,(H,31,32)/t2*23-,25?,26-,28-,29+,30+;2*22-,24?,25-,27-,28+,29+/m1111/s1. The highest BCUT2D eigenvalue weighted by Crippen LogP contribution is 2.69. The molecule has 4 aromatic carbocycles. The zero-order valence-electron chi connectivity index (χ0n) is 85.4. The van der Waals surface area contributed by atoms with Crippen LogP contribution in [-0.2, 0) is 37.9 Å². The Labute approximate surface area is 841 Å². The molecule has 0 bridgehead atoms. The average molecular weight is 1970 g/mol. The SMILES string of the molecule is C=C1CCC2[C@]3(C)CO[C@@H](C4CCCC4)O[C@@H]3CC[C@@]2(C)[C@@H]1CCOc1cc(C#N)ccc1C(=O)O.C=C1CCC2[C@]3(C)CO[C@@H](C4CCCC4)O[C@@H]3CC[C@@]2(C)[C@@H]1CCOc1cc(C)ccc1C(=O)O.C=C1CCC2[C@]3(C)CO[C@@H](C4CCCC4)O[C@@H]3CC[C@@]2(C)[C@@H]1CCOc1cc(Cl)ccc1C(=O)O.C=C1CCC2[C@]3(C)CO[C@@H](C4CCCC4)O[C@@H]3CC[C@@]2(C)[C@@H]1CCOc1cc(F)ccc1C(=O)O. The molecule has 16 fully saturated rings. The first-order valence-corrected chi connectivity index (χ1v) is 54.3. The largest absolute Gasteiger partial charge is 0.493 e. The van der Waals surface area contributed by atoms with E-state index in [-0.39, 0.29) is 138 Å². The molecule has 770 valence electrons. The molecule has 0 aromatic heterocycles. The summed E-state index contributed by atoms with van der Waals surface area (Å²) < 4.78 is 90.1. The van der Waals surface area contributed by atoms with E-state index in [0.29, 0.717) is 108 Å². The van der Waals surface area contributed by atoms with E-state index in [1.807, 2.05) is 19.1 Å². The summed E-state index contributed by atoms with van der Waals surface area (Å²) in [4.78, 5) is 46.4. The quantitative estimate of drug-likeness (QED) is 0.0474. The first-order chi connectivity index (χ1) is 67.4. The fraction of sp³-hybridized carbons (Fsp3) is 0.686. The number of nitrogens with zero attached hydrogens (tertiary/aromatic N) is 1. The Morgan fingerprint density at radius 2 is 0.631 bits per heavy atom. The third-order valence-corrected chi connectivity index (χ3v) is 39.8. The number of allylic oxidation sites excluding steroid dienone is 4. The second kappa shape index (κ2) is 43.4. The monoisotopic (exact) mass is 1960 g/mol. The Morgan fingerprint density at radius 3 is 0.922 bits per heavy atom. The van der Waals surface area contributed by atoms with Crippen molar-refractivity contribution in [2.45, 2.75) is 343 Å². The summed E-state index contributed by atoms with van der Waals surface area (Å²) >= 11 is 6.11. The molecular formula is C118H159ClFNO20. The van der Waals surface area contributed by atoms with E-state index < -0.39 is 29.7 Å². The lowest BCUT2D eigenvalue weighted by Gasteiger charge is -2.63. The number of aryl methyl sites for hydroxylation is 1. The molecule has 24 atom stereocenters. The minimum Gasteiger partial charge on any atom is -0.493 e. The summed E-state index contributed by atoms with van der Waals surface area (Å²) in [5.74, 6) is 1.88. The van der Waals surface area contributed by atoms with Crippen molar-refractivity contribution in [2.24, 2.45) is 114 Å². The van der Waals surface area contributed by atoms with Crippen molar-refractivity contribution >= 4 is 35.5 Å². The van der Waals surface area contributed by atoms with E-state index in [4.69, 9.17) is 68.4 Å². The van der Waals surface area contributed by atoms with Crippen LogP contribution in [0.4, 0.5) is 4.39 Å². The molecule has 141 heavy (non-hydrogen) atoms. The van der Waals surface area contributed by atoms with Gasteiger partial charge in [-0.05, 0) is 322 Å². The highest BCUT2D eigenvalue weighted by atomic mass is 35.5. The molecule has 4 N–H and O–H groups in total. The van der Waals surface area contributed by atoms with Crippen LogP contribution >= 0.6 is 11.6 Å². The van der Waals surface area contributed by atoms with Crippen LogP contribution in [0.15, 0.2) is 121 Å². The number of hydrogen-bond donors (Lipinski definition) is 4. The topological polar surface area (TPSA) is 284 Å². The molecule has 23 heteroatoms. The molecule has 21 nitrogen and oxygen atoms in total. The van der Waals surface area contributed by atoms with Gasteiger partial charge in [0.2, 0.25) is 0 Å². The number of hydrogen-bond acceptors (Lipinski definition) is 17. The van der Waals surface area contributed by atoms with Crippen molar-refractivity contribution in [2.75, 3.05) is 52.9 Å². The van der Waals surface area contributed by atoms with E-state index in [9.17, 15) is 49.3 Å². The van der Waals surface area contributed by atoms with Crippen LogP contribution in [0, 0.1) is 138 Å². The number of benzene rings is 4. The van der Waals surface area contributed by atoms with Crippen LogP contribution in [0.3, 0.4) is 0 Å². The zero-order valence-corrected chi connectivity index (χ0v) is 86.2. The number of rotatable bonds is 24. The van der Waals surface area contributed by atoms with Gasteiger partial charge in [0.1, 0.15) is 51.1 Å². The van der Waals surface area contributed by atoms with Gasteiger partial charge in [0.25, 0.3) is 0 Å². The number of aromatic carboxylic acids is 4. The Balaban J connectivity index is 0.000000130. The Bertz CT molecular complexity index is 4870. The summed E-state index contributed by atoms with van der Waals surface area (Å²) in [6.07, 6.45) is 41.2. The minimum absolute atomic E-state index is 0.00530. The normalized spacial score (nSPS) is 37.3. The van der Waals surface area contributed by atoms with Crippen molar-refractivity contribution in [3.05, 3.63) is 166 Å². The predicted molar refractivity (Wildman–Crippen MR) is 538 cm³/mol. The molecule has 4 aromatic rings. The van der Waals surface area contributed by atoms with Gasteiger partial charge in [-0.15, -0.1) is 0 Å². The van der Waals surface area contributed by atoms with E-state index in [0.717, 1.165) is 173 Å². The van der Waals surface area contributed by atoms with Gasteiger partial charge in [-0.25, -0.2) is 23.6 Å². The van der Waals surface area contributed by atoms with Gasteiger partial charge in [-0.3, -0.25) is 0 Å². The van der Waals surface area contributed by atoms with Crippen LogP contribution in [0.1, 0.15) is 339 Å². The first-order valence-electron chi connectivity index (χ1n) is 53.9. The molecule has 0 radical (unpaired) electrons. The molecule has 20 rings (SSSR count). The lowest BCUT2D eigenvalue weighted by molar-refractivity contribution is -0.316. The van der Waals surface area contributed by atoms with Crippen molar-refractivity contribution < 1.29 is 101 Å². The van der Waals surface area contributed by atoms with E-state index in [1.54, 1.807) is 18.2 Å². The van der Waals surface area contributed by atoms with E-state index in [2.05, 4.69) is 87.8 Å². The third kappa shape index (κ3) is 21.1. The summed E-state index contributed by atoms with van der Waals surface area (Å²) in [5.41, 5.74) is 7.28. The maximum atomic E-state index is 13.8. The molecule has 16 aliphatic rings. The fourth-order valence-corrected chi connectivity index (χ4v) is 32.2. The van der Waals surface area contributed by atoms with Crippen LogP contribution < -0.4 is 18.9 Å². The van der Waals surface area contributed by atoms with E-state index in [1.165, 1.54) is 155 Å². The lowest BCUT2D eigenvalue weighted by atomic mass is 9.46. The van der Waals surface area contributed by atoms with Crippen molar-refractivity contribution in [3.8, 4) is 29.1 Å². The maximum Gasteiger partial charge on any atom is 0.339 e. The molecule has 4 aliphatic heterocycles. The van der Waals surface area contributed by atoms with Crippen molar-refractivity contribution in [1.82, 2.24) is 0 Å². The van der Waals surface area contributed by atoms with Gasteiger partial charge in [0.15, 0.2) is 25.2 Å². The van der Waals surface area contributed by atoms with Gasteiger partial charge < -0.3 is 77.3 Å². The first kappa shape index (κ1) is 105. The summed E-state index contributed by atoms with van der Waals surface area (Å²) in [6.45, 7) is 43.8. The molecule has 0 spiro atoms. The summed E-state index contributed by atoms with van der Waals surface area (Å²) in [5, 5.41) is 47.7. The lowest BCUT2D eigenvalue weighted by Crippen LogP contribution is -2.62. The third-order valence-electron chi connectivity index (χ3n) is 39.5. The second-order valence-electron chi connectivity index (χ2n) is 47.7. The smallest absolute Gasteiger partial charge is 0.339 e. The molecule has 12 aliphatic carbocycles. The number of carboxylic acid groups (broad SMARTS) is 4. The van der Waals surface area contributed by atoms with Gasteiger partial charge in [-0.1, -0.05) is 173 Å². The Kier molecular flexibility index (Phi) is 32.2. The van der Waals surface area contributed by atoms with Gasteiger partial charge >= 0.3 is 23.9 Å². The minimum atomic E-state index is -1.12. The van der Waals surface area contributed by atoms with Gasteiger partial charge in [0.05, 0.1) is 88.9 Å². The highest BCUT2D eigenvalue weighted by Gasteiger charge is 2.66. The second-order valence-corrected chi connectivity index (χ2v) is 48.1. The van der Waals surface area contributed by atoms with Gasteiger partial charge in [-0.2, -0.15) is 5.26 Å². The van der Waals surface area contributed by atoms with Crippen LogP contribution in [-0.4, -0.2) is 147 Å². The number of ether oxygens (including phenoxy) is 12. The predicted octanol–water partition coefficient (Wildman–Crippen LogP) is 26.9. The summed E-state index contributed by atoms with van der Waals surface area (Å²) in [6, 6.07) is 20.1. The van der Waals surface area contributed by atoms with E-state index >= 15 is 0 Å². The summed E-state index contributed by atoms with van der Waals surface area (Å²) in [7, 11) is 0. The number of carbonyl (C=O) groups is 4. The zero-order chi connectivity index (χ0) is 99.9. The number of halogens is 2.